The molecule has 3 rings (SSSR count). The Bertz CT molecular complexity index is 1080. The van der Waals surface area contributed by atoms with E-state index in [-0.39, 0.29) is 17.3 Å². The van der Waals surface area contributed by atoms with E-state index in [9.17, 15) is 9.59 Å². The van der Waals surface area contributed by atoms with Crippen LogP contribution in [0.15, 0.2) is 48.8 Å². The molecule has 30 heavy (non-hydrogen) atoms. The van der Waals surface area contributed by atoms with Crippen molar-refractivity contribution in [1.29, 1.82) is 5.41 Å². The van der Waals surface area contributed by atoms with Crippen molar-refractivity contribution in [3.8, 4) is 0 Å². The molecule has 154 valence electrons. The van der Waals surface area contributed by atoms with Crippen molar-refractivity contribution in [2.45, 2.75) is 6.92 Å². The molecule has 2 aromatic heterocycles. The number of hydrogen-bond donors (Lipinski definition) is 3. The van der Waals surface area contributed by atoms with E-state index in [1.807, 2.05) is 13.0 Å². The number of carbonyl (C=O) groups is 2. The number of aryl methyl sites for hydroxylation is 2. The van der Waals surface area contributed by atoms with Crippen LogP contribution < -0.4 is 10.6 Å². The van der Waals surface area contributed by atoms with Crippen LogP contribution in [0.5, 0.6) is 0 Å². The molecule has 9 nitrogen and oxygen atoms in total. The lowest BCUT2D eigenvalue weighted by molar-refractivity contribution is 0.102. The number of anilines is 2. The molecule has 0 aliphatic heterocycles. The SMILES string of the molecule is Cc1ccc(NC(=O)c2cnn(C)c2NC(=O)c2ccc(C(=N)N(C)C)cc2)nc1. The van der Waals surface area contributed by atoms with Gasteiger partial charge in [-0.2, -0.15) is 5.10 Å². The summed E-state index contributed by atoms with van der Waals surface area (Å²) < 4.78 is 1.42. The molecular weight excluding hydrogens is 382 g/mol. The Balaban J connectivity index is 1.76. The summed E-state index contributed by atoms with van der Waals surface area (Å²) in [4.78, 5) is 31.2. The van der Waals surface area contributed by atoms with Crippen LogP contribution in [0.4, 0.5) is 11.6 Å². The molecule has 0 radical (unpaired) electrons. The van der Waals surface area contributed by atoms with Gasteiger partial charge in [0.05, 0.1) is 6.20 Å². The van der Waals surface area contributed by atoms with Gasteiger partial charge in [-0.1, -0.05) is 18.2 Å². The van der Waals surface area contributed by atoms with Crippen molar-refractivity contribution in [3.05, 3.63) is 71.0 Å². The van der Waals surface area contributed by atoms with E-state index in [4.69, 9.17) is 5.41 Å². The summed E-state index contributed by atoms with van der Waals surface area (Å²) in [6.45, 7) is 1.91. The lowest BCUT2D eigenvalue weighted by Gasteiger charge is -2.14. The van der Waals surface area contributed by atoms with Gasteiger partial charge >= 0.3 is 0 Å². The Labute approximate surface area is 174 Å². The first-order chi connectivity index (χ1) is 14.3. The molecular formula is C21H23N7O2. The van der Waals surface area contributed by atoms with Crippen LogP contribution in [0, 0.1) is 12.3 Å². The van der Waals surface area contributed by atoms with Crippen LogP contribution >= 0.6 is 0 Å². The second-order valence-electron chi connectivity index (χ2n) is 6.98. The van der Waals surface area contributed by atoms with Gasteiger partial charge in [-0.3, -0.25) is 19.7 Å². The average Bonchev–Trinajstić information content (AvgIpc) is 3.09. The molecule has 0 bridgehead atoms. The number of benzene rings is 1. The van der Waals surface area contributed by atoms with Gasteiger partial charge in [0.1, 0.15) is 23.0 Å². The molecule has 1 aromatic carbocycles. The molecule has 3 N–H and O–H groups in total. The van der Waals surface area contributed by atoms with E-state index >= 15 is 0 Å². The van der Waals surface area contributed by atoms with Gasteiger partial charge in [0.25, 0.3) is 11.8 Å². The van der Waals surface area contributed by atoms with E-state index in [0.717, 1.165) is 5.56 Å². The zero-order valence-corrected chi connectivity index (χ0v) is 17.2. The van der Waals surface area contributed by atoms with Gasteiger partial charge < -0.3 is 15.5 Å². The van der Waals surface area contributed by atoms with Crippen molar-refractivity contribution in [2.75, 3.05) is 24.7 Å². The van der Waals surface area contributed by atoms with Gasteiger partial charge in [-0.25, -0.2) is 4.98 Å². The fourth-order valence-electron chi connectivity index (χ4n) is 2.69. The van der Waals surface area contributed by atoms with E-state index in [1.54, 1.807) is 62.6 Å². The molecule has 2 heterocycles. The summed E-state index contributed by atoms with van der Waals surface area (Å²) in [6, 6.07) is 10.2. The van der Waals surface area contributed by atoms with E-state index < -0.39 is 5.91 Å². The molecule has 0 saturated carbocycles. The monoisotopic (exact) mass is 405 g/mol. The number of amides is 2. The van der Waals surface area contributed by atoms with Crippen LogP contribution in [-0.4, -0.2) is 51.4 Å². The van der Waals surface area contributed by atoms with E-state index in [1.165, 1.54) is 10.9 Å². The molecule has 0 atom stereocenters. The number of hydrogen-bond acceptors (Lipinski definition) is 5. The Morgan fingerprint density at radius 1 is 0.967 bits per heavy atom. The fraction of sp³-hybridized carbons (Fsp3) is 0.190. The van der Waals surface area contributed by atoms with Crippen LogP contribution in [0.25, 0.3) is 0 Å². The number of nitrogens with zero attached hydrogens (tertiary/aromatic N) is 4. The molecule has 0 fully saturated rings. The Hall–Kier alpha value is -4.01. The number of carbonyl (C=O) groups excluding carboxylic acids is 2. The predicted octanol–water partition coefficient (Wildman–Crippen LogP) is 2.52. The molecule has 0 saturated heterocycles. The van der Waals surface area contributed by atoms with Crippen LogP contribution in [0.3, 0.4) is 0 Å². The van der Waals surface area contributed by atoms with Gasteiger partial charge in [-0.05, 0) is 30.7 Å². The third kappa shape index (κ3) is 4.52. The maximum atomic E-state index is 12.7. The number of amidine groups is 1. The van der Waals surface area contributed by atoms with E-state index in [0.29, 0.717) is 22.8 Å². The summed E-state index contributed by atoms with van der Waals surface area (Å²) >= 11 is 0. The summed E-state index contributed by atoms with van der Waals surface area (Å²) in [5.74, 6) is 0.214. The summed E-state index contributed by atoms with van der Waals surface area (Å²) in [5.41, 5.74) is 2.30. The van der Waals surface area contributed by atoms with Gasteiger partial charge in [0.15, 0.2) is 0 Å². The number of rotatable bonds is 5. The number of nitrogens with one attached hydrogen (secondary N) is 3. The fourth-order valence-corrected chi connectivity index (χ4v) is 2.69. The molecule has 0 aliphatic carbocycles. The topological polar surface area (TPSA) is 116 Å². The Morgan fingerprint density at radius 3 is 2.23 bits per heavy atom. The lowest BCUT2D eigenvalue weighted by Crippen LogP contribution is -2.22. The third-order valence-corrected chi connectivity index (χ3v) is 4.44. The highest BCUT2D eigenvalue weighted by Gasteiger charge is 2.19. The highest BCUT2D eigenvalue weighted by molar-refractivity contribution is 6.11. The van der Waals surface area contributed by atoms with Crippen LogP contribution in [-0.2, 0) is 7.05 Å². The van der Waals surface area contributed by atoms with Crippen molar-refractivity contribution in [2.24, 2.45) is 7.05 Å². The molecule has 0 aliphatic rings. The standard InChI is InChI=1S/C21H23N7O2/c1-13-5-10-17(23-11-13)25-21(30)16-12-24-28(4)19(16)26-20(29)15-8-6-14(7-9-15)18(22)27(2)3/h5-12,22H,1-4H3,(H,26,29)(H,23,25,30). The van der Waals surface area contributed by atoms with Crippen molar-refractivity contribution in [1.82, 2.24) is 19.7 Å². The first-order valence-corrected chi connectivity index (χ1v) is 9.20. The molecule has 2 amide bonds. The highest BCUT2D eigenvalue weighted by Crippen LogP contribution is 2.18. The predicted molar refractivity (Wildman–Crippen MR) is 115 cm³/mol. The zero-order chi connectivity index (χ0) is 21.8. The minimum atomic E-state index is -0.426. The highest BCUT2D eigenvalue weighted by atomic mass is 16.2. The largest absolute Gasteiger partial charge is 0.363 e. The number of aromatic nitrogens is 3. The maximum Gasteiger partial charge on any atom is 0.262 e. The second-order valence-corrected chi connectivity index (χ2v) is 6.98. The van der Waals surface area contributed by atoms with Gasteiger partial charge in [0.2, 0.25) is 0 Å². The molecule has 0 unspecified atom stereocenters. The van der Waals surface area contributed by atoms with Crippen LogP contribution in [0.1, 0.15) is 31.8 Å². The average molecular weight is 405 g/mol. The summed E-state index contributed by atoms with van der Waals surface area (Å²) in [5, 5.41) is 17.5. The minimum absolute atomic E-state index is 0.222. The van der Waals surface area contributed by atoms with Crippen molar-refractivity contribution in [3.63, 3.8) is 0 Å². The third-order valence-electron chi connectivity index (χ3n) is 4.44. The van der Waals surface area contributed by atoms with Gasteiger partial charge in [0, 0.05) is 38.5 Å². The summed E-state index contributed by atoms with van der Waals surface area (Å²) in [6.07, 6.45) is 3.04. The first-order valence-electron chi connectivity index (χ1n) is 9.20. The second kappa shape index (κ2) is 8.56. The van der Waals surface area contributed by atoms with E-state index in [2.05, 4.69) is 20.7 Å². The normalized spacial score (nSPS) is 10.4. The Morgan fingerprint density at radius 2 is 1.63 bits per heavy atom. The lowest BCUT2D eigenvalue weighted by atomic mass is 10.1. The number of pyridine rings is 1. The Kier molecular flexibility index (Phi) is 5.91. The maximum absolute atomic E-state index is 12.7. The minimum Gasteiger partial charge on any atom is -0.363 e. The first kappa shape index (κ1) is 20.7. The quantitative estimate of drug-likeness (QED) is 0.446. The van der Waals surface area contributed by atoms with Crippen molar-refractivity contribution < 1.29 is 9.59 Å². The zero-order valence-electron chi connectivity index (χ0n) is 17.2. The summed E-state index contributed by atoms with van der Waals surface area (Å²) in [7, 11) is 5.20. The van der Waals surface area contributed by atoms with Crippen molar-refractivity contribution >= 4 is 29.3 Å². The van der Waals surface area contributed by atoms with Gasteiger partial charge in [-0.15, -0.1) is 0 Å². The molecule has 3 aromatic rings. The van der Waals surface area contributed by atoms with Crippen LogP contribution in [0.2, 0.25) is 0 Å². The molecule has 9 heteroatoms. The smallest absolute Gasteiger partial charge is 0.262 e. The molecule has 0 spiro atoms.